The van der Waals surface area contributed by atoms with Crippen molar-refractivity contribution in [3.8, 4) is 0 Å². The van der Waals surface area contributed by atoms with E-state index in [9.17, 15) is 0 Å². The quantitative estimate of drug-likeness (QED) is 0.833. The Bertz CT molecular complexity index is 552. The van der Waals surface area contributed by atoms with E-state index in [1.54, 1.807) is 11.1 Å². The lowest BCUT2D eigenvalue weighted by Gasteiger charge is -2.02. The first-order valence-corrected chi connectivity index (χ1v) is 6.62. The second kappa shape index (κ2) is 4.19. The number of aryl methyl sites for hydroxylation is 4. The molecule has 0 radical (unpaired) electrons. The van der Waals surface area contributed by atoms with Gasteiger partial charge >= 0.3 is 0 Å². The van der Waals surface area contributed by atoms with Crippen LogP contribution in [0.4, 0.5) is 0 Å². The van der Waals surface area contributed by atoms with Crippen LogP contribution >= 0.6 is 0 Å². The van der Waals surface area contributed by atoms with Gasteiger partial charge in [0.25, 0.3) is 0 Å². The van der Waals surface area contributed by atoms with Crippen LogP contribution in [0.3, 0.4) is 0 Å². The lowest BCUT2D eigenvalue weighted by molar-refractivity contribution is 0.831. The Kier molecular flexibility index (Phi) is 2.67. The minimum atomic E-state index is 0.775. The van der Waals surface area contributed by atoms with Gasteiger partial charge in [-0.3, -0.25) is 0 Å². The topological polar surface area (TPSA) is 41.8 Å². The molecule has 0 atom stereocenters. The maximum absolute atomic E-state index is 5.62. The van der Waals surface area contributed by atoms with E-state index in [0.717, 1.165) is 19.4 Å². The van der Waals surface area contributed by atoms with Crippen molar-refractivity contribution >= 4 is 10.9 Å². The maximum atomic E-state index is 5.62. The number of hydrogen-bond acceptors (Lipinski definition) is 1. The second-order valence-corrected chi connectivity index (χ2v) is 5.14. The molecule has 2 aromatic rings. The lowest BCUT2D eigenvalue weighted by atomic mass is 10.0. The molecule has 1 aliphatic rings. The number of aromatic amines is 1. The molecule has 3 rings (SSSR count). The number of hydrogen-bond donors (Lipinski definition) is 2. The predicted molar refractivity (Wildman–Crippen MR) is 72.4 cm³/mol. The standard InChI is InChI=1S/C15H20N2/c1-10-13(6-3-7-16)14-8-11-4-2-5-12(11)9-15(14)17-10/h8-9,17H,2-7,16H2,1H3. The number of rotatable bonds is 3. The van der Waals surface area contributed by atoms with Gasteiger partial charge in [0.05, 0.1) is 0 Å². The fourth-order valence-electron chi connectivity index (χ4n) is 3.06. The molecule has 90 valence electrons. The molecule has 3 N–H and O–H groups in total. The van der Waals surface area contributed by atoms with Gasteiger partial charge in [-0.05, 0) is 74.4 Å². The van der Waals surface area contributed by atoms with Crippen LogP contribution < -0.4 is 5.73 Å². The molecule has 0 aliphatic heterocycles. The summed E-state index contributed by atoms with van der Waals surface area (Å²) in [5, 5.41) is 1.43. The van der Waals surface area contributed by atoms with Crippen molar-refractivity contribution in [1.29, 1.82) is 0 Å². The van der Waals surface area contributed by atoms with Gasteiger partial charge in [0.1, 0.15) is 0 Å². The highest BCUT2D eigenvalue weighted by molar-refractivity contribution is 5.86. The molecular weight excluding hydrogens is 208 g/mol. The molecule has 2 heteroatoms. The van der Waals surface area contributed by atoms with Gasteiger partial charge < -0.3 is 10.7 Å². The van der Waals surface area contributed by atoms with Crippen LogP contribution in [0, 0.1) is 6.92 Å². The maximum Gasteiger partial charge on any atom is 0.0461 e. The monoisotopic (exact) mass is 228 g/mol. The molecule has 0 fully saturated rings. The molecule has 2 nitrogen and oxygen atoms in total. The zero-order chi connectivity index (χ0) is 11.8. The summed E-state index contributed by atoms with van der Waals surface area (Å²) in [6.07, 6.45) is 6.00. The van der Waals surface area contributed by atoms with E-state index >= 15 is 0 Å². The number of nitrogens with one attached hydrogen (secondary N) is 1. The van der Waals surface area contributed by atoms with E-state index < -0.39 is 0 Å². The Morgan fingerprint density at radius 3 is 2.76 bits per heavy atom. The van der Waals surface area contributed by atoms with Crippen molar-refractivity contribution in [2.45, 2.75) is 39.0 Å². The average molecular weight is 228 g/mol. The molecule has 0 spiro atoms. The lowest BCUT2D eigenvalue weighted by Crippen LogP contribution is -2.00. The minimum Gasteiger partial charge on any atom is -0.358 e. The summed E-state index contributed by atoms with van der Waals surface area (Å²) in [6.45, 7) is 2.95. The van der Waals surface area contributed by atoms with Gasteiger partial charge in [-0.1, -0.05) is 0 Å². The van der Waals surface area contributed by atoms with E-state index in [1.807, 2.05) is 0 Å². The van der Waals surface area contributed by atoms with E-state index in [-0.39, 0.29) is 0 Å². The molecule has 1 aromatic heterocycles. The molecule has 0 bridgehead atoms. The Hall–Kier alpha value is -1.28. The molecule has 17 heavy (non-hydrogen) atoms. The van der Waals surface area contributed by atoms with Crippen LogP contribution in [0.15, 0.2) is 12.1 Å². The Labute approximate surface area is 102 Å². The molecular formula is C15H20N2. The number of fused-ring (bicyclic) bond motifs is 2. The van der Waals surface area contributed by atoms with Crippen LogP contribution in [-0.4, -0.2) is 11.5 Å². The number of H-pyrrole nitrogens is 1. The Morgan fingerprint density at radius 2 is 2.00 bits per heavy atom. The SMILES string of the molecule is Cc1[nH]c2cc3c(cc2c1CCCN)CCC3. The van der Waals surface area contributed by atoms with E-state index in [0.29, 0.717) is 0 Å². The number of nitrogens with two attached hydrogens (primary N) is 1. The average Bonchev–Trinajstić information content (AvgIpc) is 2.87. The van der Waals surface area contributed by atoms with Crippen LogP contribution in [0.1, 0.15) is 35.2 Å². The molecule has 0 saturated carbocycles. The molecule has 1 heterocycles. The van der Waals surface area contributed by atoms with Gasteiger partial charge in [-0.15, -0.1) is 0 Å². The summed E-state index contributed by atoms with van der Waals surface area (Å²) >= 11 is 0. The molecule has 0 amide bonds. The third-order valence-corrected chi connectivity index (χ3v) is 3.96. The molecule has 1 aliphatic carbocycles. The van der Waals surface area contributed by atoms with Crippen LogP contribution in [0.2, 0.25) is 0 Å². The van der Waals surface area contributed by atoms with Crippen LogP contribution in [0.5, 0.6) is 0 Å². The third kappa shape index (κ3) is 1.77. The first kappa shape index (κ1) is 10.8. The minimum absolute atomic E-state index is 0.775. The smallest absolute Gasteiger partial charge is 0.0461 e. The second-order valence-electron chi connectivity index (χ2n) is 5.14. The number of aromatic nitrogens is 1. The summed E-state index contributed by atoms with van der Waals surface area (Å²) < 4.78 is 0. The van der Waals surface area contributed by atoms with Crippen molar-refractivity contribution in [2.24, 2.45) is 5.73 Å². The van der Waals surface area contributed by atoms with Crippen molar-refractivity contribution in [2.75, 3.05) is 6.54 Å². The largest absolute Gasteiger partial charge is 0.358 e. The summed E-state index contributed by atoms with van der Waals surface area (Å²) in [5.41, 5.74) is 12.8. The Morgan fingerprint density at radius 1 is 1.24 bits per heavy atom. The van der Waals surface area contributed by atoms with E-state index in [1.165, 1.54) is 41.4 Å². The van der Waals surface area contributed by atoms with Gasteiger partial charge in [0.15, 0.2) is 0 Å². The fourth-order valence-corrected chi connectivity index (χ4v) is 3.06. The van der Waals surface area contributed by atoms with Crippen molar-refractivity contribution < 1.29 is 0 Å². The van der Waals surface area contributed by atoms with E-state index in [4.69, 9.17) is 5.73 Å². The van der Waals surface area contributed by atoms with Gasteiger partial charge in [-0.25, -0.2) is 0 Å². The van der Waals surface area contributed by atoms with Crippen molar-refractivity contribution in [3.05, 3.63) is 34.5 Å². The summed E-state index contributed by atoms with van der Waals surface area (Å²) in [7, 11) is 0. The molecule has 0 saturated heterocycles. The van der Waals surface area contributed by atoms with Crippen molar-refractivity contribution in [1.82, 2.24) is 4.98 Å². The van der Waals surface area contributed by atoms with E-state index in [2.05, 4.69) is 24.0 Å². The Balaban J connectivity index is 2.11. The highest BCUT2D eigenvalue weighted by Crippen LogP contribution is 2.30. The van der Waals surface area contributed by atoms with Gasteiger partial charge in [0, 0.05) is 16.6 Å². The fraction of sp³-hybridized carbons (Fsp3) is 0.467. The summed E-state index contributed by atoms with van der Waals surface area (Å²) in [5.74, 6) is 0. The molecule has 1 aromatic carbocycles. The van der Waals surface area contributed by atoms with Gasteiger partial charge in [0.2, 0.25) is 0 Å². The highest BCUT2D eigenvalue weighted by atomic mass is 14.7. The first-order chi connectivity index (χ1) is 8.29. The summed E-state index contributed by atoms with van der Waals surface area (Å²) in [6, 6.07) is 4.77. The first-order valence-electron chi connectivity index (χ1n) is 6.62. The highest BCUT2D eigenvalue weighted by Gasteiger charge is 2.15. The predicted octanol–water partition coefficient (Wildman–Crippen LogP) is 2.86. The summed E-state index contributed by atoms with van der Waals surface area (Å²) in [4.78, 5) is 3.52. The zero-order valence-electron chi connectivity index (χ0n) is 10.5. The normalized spacial score (nSPS) is 14.5. The van der Waals surface area contributed by atoms with Crippen molar-refractivity contribution in [3.63, 3.8) is 0 Å². The third-order valence-electron chi connectivity index (χ3n) is 3.96. The molecule has 0 unspecified atom stereocenters. The van der Waals surface area contributed by atoms with Crippen LogP contribution in [0.25, 0.3) is 10.9 Å². The van der Waals surface area contributed by atoms with Crippen LogP contribution in [-0.2, 0) is 19.3 Å². The van der Waals surface area contributed by atoms with Gasteiger partial charge in [-0.2, -0.15) is 0 Å². The number of benzene rings is 1. The zero-order valence-corrected chi connectivity index (χ0v) is 10.5.